The Kier molecular flexibility index (Phi) is 8.33. The van der Waals surface area contributed by atoms with Gasteiger partial charge in [0.25, 0.3) is 0 Å². The number of fused-ring (bicyclic) bond motifs is 1. The Morgan fingerprint density at radius 1 is 1.41 bits per heavy atom. The van der Waals surface area contributed by atoms with E-state index in [-0.39, 0.29) is 30.9 Å². The van der Waals surface area contributed by atoms with Crippen LogP contribution in [0.1, 0.15) is 42.1 Å². The maximum absolute atomic E-state index is 14.0. The average molecular weight is 446 g/mol. The monoisotopic (exact) mass is 445 g/mol. The lowest BCUT2D eigenvalue weighted by molar-refractivity contribution is -0.122. The molecule has 0 radical (unpaired) electrons. The number of hydrogen-bond donors (Lipinski definition) is 4. The molecule has 6 nitrogen and oxygen atoms in total. The van der Waals surface area contributed by atoms with Crippen LogP contribution in [0.5, 0.6) is 0 Å². The number of benzene rings is 1. The summed E-state index contributed by atoms with van der Waals surface area (Å²) in [6.45, 7) is 0.756. The summed E-state index contributed by atoms with van der Waals surface area (Å²) in [6, 6.07) is 1.67. The summed E-state index contributed by atoms with van der Waals surface area (Å²) in [5, 5.41) is 2.83. The highest BCUT2D eigenvalue weighted by Gasteiger charge is 2.25. The third kappa shape index (κ3) is 5.42. The second kappa shape index (κ2) is 10.3. The molecule has 1 heterocycles. The standard InChI is InChI=1S/C19H25F2N5OS.ClH/c20-12-6-11-7-13(3-4-15(11)16(21)8-12)26-14(10-25-19(26)28)9-24-18(27)17(23)2-1-5-22;/h6,8,10,13,17H,1-5,7,9,22-23H2,(H,24,27)(H,25,28);1H/t13?,17-;/m0./s1. The minimum atomic E-state index is -0.605. The van der Waals surface area contributed by atoms with Gasteiger partial charge in [-0.2, -0.15) is 0 Å². The van der Waals surface area contributed by atoms with E-state index >= 15 is 0 Å². The number of H-pyrrole nitrogens is 1. The molecule has 2 aromatic rings. The Balaban J connectivity index is 0.00000300. The van der Waals surface area contributed by atoms with Crippen molar-refractivity contribution in [3.63, 3.8) is 0 Å². The highest BCUT2D eigenvalue weighted by Crippen LogP contribution is 2.32. The van der Waals surface area contributed by atoms with Crippen molar-refractivity contribution in [2.75, 3.05) is 6.54 Å². The van der Waals surface area contributed by atoms with Crippen LogP contribution in [0.3, 0.4) is 0 Å². The van der Waals surface area contributed by atoms with Gasteiger partial charge in [-0.05, 0) is 68.1 Å². The SMILES string of the molecule is Cl.NCCC[C@H](N)C(=O)NCc1c[nH]c(=S)n1C1CCc2c(F)cc(F)cc2C1. The molecule has 1 aromatic carbocycles. The summed E-state index contributed by atoms with van der Waals surface area (Å²) in [6.07, 6.45) is 4.62. The van der Waals surface area contributed by atoms with Crippen LogP contribution in [-0.4, -0.2) is 28.0 Å². The number of amides is 1. The fourth-order valence-corrected chi connectivity index (χ4v) is 4.06. The molecular weight excluding hydrogens is 420 g/mol. The minimum Gasteiger partial charge on any atom is -0.349 e. The summed E-state index contributed by atoms with van der Waals surface area (Å²) in [7, 11) is 0. The molecule has 2 atom stereocenters. The van der Waals surface area contributed by atoms with E-state index < -0.39 is 17.7 Å². The Morgan fingerprint density at radius 2 is 2.17 bits per heavy atom. The van der Waals surface area contributed by atoms with Crippen LogP contribution in [0.25, 0.3) is 0 Å². The Bertz CT molecular complexity index is 916. The normalized spacial score (nSPS) is 16.6. The second-order valence-electron chi connectivity index (χ2n) is 7.13. The smallest absolute Gasteiger partial charge is 0.237 e. The number of hydrogen-bond acceptors (Lipinski definition) is 4. The number of halogens is 3. The minimum absolute atomic E-state index is 0. The lowest BCUT2D eigenvalue weighted by atomic mass is 9.87. The molecule has 1 aromatic heterocycles. The molecule has 6 N–H and O–H groups in total. The first-order chi connectivity index (χ1) is 13.4. The number of nitrogens with zero attached hydrogens (tertiary/aromatic N) is 1. The number of nitrogens with one attached hydrogen (secondary N) is 2. The van der Waals surface area contributed by atoms with E-state index in [4.69, 9.17) is 23.7 Å². The molecule has 160 valence electrons. The number of imidazole rings is 1. The quantitative estimate of drug-likeness (QED) is 0.492. The fraction of sp³-hybridized carbons (Fsp3) is 0.474. The lowest BCUT2D eigenvalue weighted by Crippen LogP contribution is -2.40. The predicted octanol–water partition coefficient (Wildman–Crippen LogP) is 2.66. The number of rotatable bonds is 7. The summed E-state index contributed by atoms with van der Waals surface area (Å²) < 4.78 is 30.0. The molecule has 0 saturated carbocycles. The molecule has 1 amide bonds. The molecule has 1 aliphatic rings. The topological polar surface area (TPSA) is 102 Å². The lowest BCUT2D eigenvalue weighted by Gasteiger charge is -2.27. The van der Waals surface area contributed by atoms with Crippen LogP contribution in [-0.2, 0) is 24.2 Å². The molecular formula is C19H26ClF2N5OS. The number of nitrogens with two attached hydrogens (primary N) is 2. The first-order valence-electron chi connectivity index (χ1n) is 9.39. The third-order valence-electron chi connectivity index (χ3n) is 5.19. The van der Waals surface area contributed by atoms with Crippen LogP contribution in [0.4, 0.5) is 8.78 Å². The van der Waals surface area contributed by atoms with Gasteiger partial charge in [0.05, 0.1) is 18.3 Å². The highest BCUT2D eigenvalue weighted by molar-refractivity contribution is 7.71. The molecule has 1 unspecified atom stereocenters. The Labute approximate surface area is 179 Å². The number of carbonyl (C=O) groups excluding carboxylic acids is 1. The number of carbonyl (C=O) groups is 1. The van der Waals surface area contributed by atoms with Gasteiger partial charge in [0.1, 0.15) is 11.6 Å². The third-order valence-corrected chi connectivity index (χ3v) is 5.51. The number of aromatic nitrogens is 2. The van der Waals surface area contributed by atoms with E-state index in [1.165, 1.54) is 6.07 Å². The molecule has 3 rings (SSSR count). The zero-order valence-corrected chi connectivity index (χ0v) is 17.6. The van der Waals surface area contributed by atoms with Crippen molar-refractivity contribution >= 4 is 30.5 Å². The number of aromatic amines is 1. The zero-order valence-electron chi connectivity index (χ0n) is 15.9. The van der Waals surface area contributed by atoms with Crippen molar-refractivity contribution in [2.24, 2.45) is 11.5 Å². The van der Waals surface area contributed by atoms with Crippen LogP contribution < -0.4 is 16.8 Å². The highest BCUT2D eigenvalue weighted by atomic mass is 35.5. The van der Waals surface area contributed by atoms with Gasteiger partial charge in [-0.3, -0.25) is 4.79 Å². The van der Waals surface area contributed by atoms with Crippen LogP contribution in [0.15, 0.2) is 18.3 Å². The van der Waals surface area contributed by atoms with E-state index in [1.54, 1.807) is 6.20 Å². The maximum atomic E-state index is 14.0. The van der Waals surface area contributed by atoms with E-state index in [2.05, 4.69) is 10.3 Å². The van der Waals surface area contributed by atoms with E-state index in [0.29, 0.717) is 54.5 Å². The van der Waals surface area contributed by atoms with Crippen molar-refractivity contribution in [2.45, 2.75) is 50.7 Å². The van der Waals surface area contributed by atoms with Crippen molar-refractivity contribution < 1.29 is 13.6 Å². The van der Waals surface area contributed by atoms with Crippen molar-refractivity contribution in [3.8, 4) is 0 Å². The van der Waals surface area contributed by atoms with E-state index in [0.717, 1.165) is 11.8 Å². The second-order valence-corrected chi connectivity index (χ2v) is 7.52. The fourth-order valence-electron chi connectivity index (χ4n) is 3.73. The zero-order chi connectivity index (χ0) is 20.3. The van der Waals surface area contributed by atoms with Gasteiger partial charge in [-0.1, -0.05) is 0 Å². The summed E-state index contributed by atoms with van der Waals surface area (Å²) in [5.41, 5.74) is 13.3. The first kappa shape index (κ1) is 23.5. The van der Waals surface area contributed by atoms with Gasteiger partial charge in [0.15, 0.2) is 4.77 Å². The summed E-state index contributed by atoms with van der Waals surface area (Å²) in [4.78, 5) is 15.1. The first-order valence-corrected chi connectivity index (χ1v) is 9.80. The van der Waals surface area contributed by atoms with Gasteiger partial charge >= 0.3 is 0 Å². The summed E-state index contributed by atoms with van der Waals surface area (Å²) >= 11 is 5.40. The van der Waals surface area contributed by atoms with Gasteiger partial charge in [-0.25, -0.2) is 8.78 Å². The molecule has 0 saturated heterocycles. The van der Waals surface area contributed by atoms with E-state index in [9.17, 15) is 13.6 Å². The Morgan fingerprint density at radius 3 is 2.90 bits per heavy atom. The molecule has 0 bridgehead atoms. The van der Waals surface area contributed by atoms with Crippen LogP contribution in [0, 0.1) is 16.4 Å². The molecule has 0 aliphatic heterocycles. The van der Waals surface area contributed by atoms with Crippen LogP contribution in [0.2, 0.25) is 0 Å². The van der Waals surface area contributed by atoms with Crippen molar-refractivity contribution in [1.82, 2.24) is 14.9 Å². The van der Waals surface area contributed by atoms with Crippen molar-refractivity contribution in [1.29, 1.82) is 0 Å². The summed E-state index contributed by atoms with van der Waals surface area (Å²) in [5.74, 6) is -1.32. The predicted molar refractivity (Wildman–Crippen MR) is 112 cm³/mol. The van der Waals surface area contributed by atoms with Gasteiger partial charge < -0.3 is 26.3 Å². The van der Waals surface area contributed by atoms with E-state index in [1.807, 2.05) is 4.57 Å². The molecule has 10 heteroatoms. The Hall–Kier alpha value is -1.81. The molecule has 1 aliphatic carbocycles. The molecule has 0 fully saturated rings. The van der Waals surface area contributed by atoms with Gasteiger partial charge in [0.2, 0.25) is 5.91 Å². The largest absolute Gasteiger partial charge is 0.349 e. The average Bonchev–Trinajstić information content (AvgIpc) is 3.03. The molecule has 29 heavy (non-hydrogen) atoms. The van der Waals surface area contributed by atoms with Gasteiger partial charge in [0, 0.05) is 18.3 Å². The van der Waals surface area contributed by atoms with Crippen LogP contribution >= 0.6 is 24.6 Å². The van der Waals surface area contributed by atoms with Gasteiger partial charge in [-0.15, -0.1) is 12.4 Å². The maximum Gasteiger partial charge on any atom is 0.237 e. The van der Waals surface area contributed by atoms with Crippen molar-refractivity contribution in [3.05, 3.63) is 51.6 Å². The molecule has 0 spiro atoms.